The molecular weight excluding hydrogens is 965 g/mol. The molecule has 0 aliphatic heterocycles. The molecule has 0 aromatic heterocycles. The maximum Gasteiger partial charge on any atom is 0.307 e. The van der Waals surface area contributed by atoms with Crippen molar-refractivity contribution in [1.82, 2.24) is 19.6 Å². The molecular formula is C65H128N4O8. The van der Waals surface area contributed by atoms with Crippen molar-refractivity contribution in [3.63, 3.8) is 0 Å². The normalized spacial score (nSPS) is 11.7. The van der Waals surface area contributed by atoms with E-state index in [9.17, 15) is 19.2 Å². The molecule has 0 saturated heterocycles. The first-order valence-electron chi connectivity index (χ1n) is 33.1. The molecule has 0 atom stereocenters. The Morgan fingerprint density at radius 1 is 0.234 bits per heavy atom. The molecule has 0 spiro atoms. The van der Waals surface area contributed by atoms with E-state index in [-0.39, 0.29) is 23.9 Å². The van der Waals surface area contributed by atoms with E-state index in [0.29, 0.717) is 78.3 Å². The minimum Gasteiger partial charge on any atom is -0.466 e. The number of hydrogen-bond acceptors (Lipinski definition) is 12. The molecule has 0 radical (unpaired) electrons. The van der Waals surface area contributed by atoms with Crippen molar-refractivity contribution < 1.29 is 38.1 Å². The van der Waals surface area contributed by atoms with Gasteiger partial charge in [-0.3, -0.25) is 19.2 Å². The van der Waals surface area contributed by atoms with E-state index in [1.807, 2.05) is 0 Å². The fourth-order valence-corrected chi connectivity index (χ4v) is 9.81. The topological polar surface area (TPSA) is 118 Å². The Kier molecular flexibility index (Phi) is 58.1. The van der Waals surface area contributed by atoms with Crippen molar-refractivity contribution in [1.29, 1.82) is 0 Å². The van der Waals surface area contributed by atoms with Crippen LogP contribution in [0.5, 0.6) is 0 Å². The molecule has 0 fully saturated rings. The first kappa shape index (κ1) is 74.7. The highest BCUT2D eigenvalue weighted by Crippen LogP contribution is 2.14. The maximum atomic E-state index is 12.8. The number of esters is 4. The number of carbonyl (C=O) groups is 4. The molecule has 12 heteroatoms. The third-order valence-electron chi connectivity index (χ3n) is 15.2. The van der Waals surface area contributed by atoms with E-state index in [1.165, 1.54) is 180 Å². The van der Waals surface area contributed by atoms with Crippen LogP contribution in [0.1, 0.15) is 291 Å². The van der Waals surface area contributed by atoms with Gasteiger partial charge in [-0.05, 0) is 59.3 Å². The lowest BCUT2D eigenvalue weighted by Crippen LogP contribution is -2.38. The second-order valence-electron chi connectivity index (χ2n) is 22.8. The summed E-state index contributed by atoms with van der Waals surface area (Å²) in [5.74, 6) is -0.644. The quantitative estimate of drug-likeness (QED) is 0.0328. The molecule has 0 rings (SSSR count). The third kappa shape index (κ3) is 56.8. The number of nitrogens with zero attached hydrogens (tertiary/aromatic N) is 4. The van der Waals surface area contributed by atoms with Crippen molar-refractivity contribution >= 4 is 23.9 Å². The maximum absolute atomic E-state index is 12.8. The molecule has 0 N–H and O–H groups in total. The van der Waals surface area contributed by atoms with Gasteiger partial charge in [0.15, 0.2) is 0 Å². The Morgan fingerprint density at radius 3 is 0.636 bits per heavy atom. The molecule has 0 aliphatic rings. The van der Waals surface area contributed by atoms with Crippen LogP contribution in [0.4, 0.5) is 0 Å². The summed E-state index contributed by atoms with van der Waals surface area (Å²) in [6.07, 6.45) is 46.5. The number of carbonyl (C=O) groups excluding carboxylic acids is 4. The first-order valence-corrected chi connectivity index (χ1v) is 33.1. The predicted octanol–water partition coefficient (Wildman–Crippen LogP) is 15.7. The fraction of sp³-hybridized carbons (Fsp3) is 0.938. The van der Waals surface area contributed by atoms with E-state index in [2.05, 4.69) is 61.4 Å². The van der Waals surface area contributed by atoms with Crippen LogP contribution in [0.15, 0.2) is 0 Å². The highest BCUT2D eigenvalue weighted by Gasteiger charge is 2.16. The van der Waals surface area contributed by atoms with E-state index in [4.69, 9.17) is 18.9 Å². The Bertz CT molecular complexity index is 1120. The summed E-state index contributed by atoms with van der Waals surface area (Å²) in [5, 5.41) is 0. The van der Waals surface area contributed by atoms with Gasteiger partial charge in [0.05, 0.1) is 52.1 Å². The SMILES string of the molecule is CCCCCCCCCCCOC(=O)CCN(CCC(=O)OCCCCCCCCCCC)CCN(C)CCCN(C)CCN(CCC(=O)OCCCCCCCCCCC)CCC(=O)OCCCCCCCCCCC. The summed E-state index contributed by atoms with van der Waals surface area (Å²) in [5.41, 5.74) is 0. The lowest BCUT2D eigenvalue weighted by molar-refractivity contribution is -0.146. The van der Waals surface area contributed by atoms with Gasteiger partial charge in [-0.15, -0.1) is 0 Å². The van der Waals surface area contributed by atoms with E-state index in [0.717, 1.165) is 97.1 Å². The smallest absolute Gasteiger partial charge is 0.307 e. The van der Waals surface area contributed by atoms with Crippen LogP contribution in [-0.2, 0) is 38.1 Å². The third-order valence-corrected chi connectivity index (χ3v) is 15.2. The first-order chi connectivity index (χ1) is 37.6. The van der Waals surface area contributed by atoms with Gasteiger partial charge >= 0.3 is 23.9 Å². The monoisotopic (exact) mass is 1090 g/mol. The van der Waals surface area contributed by atoms with Crippen molar-refractivity contribution in [2.75, 3.05) is 106 Å². The zero-order valence-corrected chi connectivity index (χ0v) is 51.9. The van der Waals surface area contributed by atoms with Crippen LogP contribution < -0.4 is 0 Å². The van der Waals surface area contributed by atoms with E-state index >= 15 is 0 Å². The Labute approximate surface area is 476 Å². The van der Waals surface area contributed by atoms with Crippen LogP contribution in [-0.4, -0.2) is 149 Å². The van der Waals surface area contributed by atoms with Crippen LogP contribution >= 0.6 is 0 Å². The van der Waals surface area contributed by atoms with Gasteiger partial charge in [-0.2, -0.15) is 0 Å². The summed E-state index contributed by atoms with van der Waals surface area (Å²) in [7, 11) is 4.28. The van der Waals surface area contributed by atoms with Gasteiger partial charge in [-0.1, -0.05) is 233 Å². The van der Waals surface area contributed by atoms with Crippen molar-refractivity contribution in [3.8, 4) is 0 Å². The molecule has 0 unspecified atom stereocenters. The van der Waals surface area contributed by atoms with Crippen LogP contribution in [0.25, 0.3) is 0 Å². The predicted molar refractivity (Wildman–Crippen MR) is 324 cm³/mol. The van der Waals surface area contributed by atoms with Crippen molar-refractivity contribution in [2.45, 2.75) is 291 Å². The second kappa shape index (κ2) is 59.8. The molecule has 12 nitrogen and oxygen atoms in total. The molecule has 0 heterocycles. The van der Waals surface area contributed by atoms with Crippen LogP contribution in [0.2, 0.25) is 0 Å². The second-order valence-corrected chi connectivity index (χ2v) is 22.8. The number of hydrogen-bond donors (Lipinski definition) is 0. The summed E-state index contributed by atoms with van der Waals surface area (Å²) in [6, 6.07) is 0. The molecule has 0 bridgehead atoms. The van der Waals surface area contributed by atoms with E-state index < -0.39 is 0 Å². The molecule has 0 aromatic carbocycles. The number of rotatable bonds is 62. The fourth-order valence-electron chi connectivity index (χ4n) is 9.81. The van der Waals surface area contributed by atoms with Gasteiger partial charge in [0.1, 0.15) is 0 Å². The summed E-state index contributed by atoms with van der Waals surface area (Å²) < 4.78 is 22.6. The standard InChI is InChI=1S/C65H128N4O8/c1-7-11-15-19-23-27-31-35-39-58-74-62(70)44-50-68(51-45-63(71)75-59-40-36-32-28-24-20-16-12-8-2)56-54-66(5)48-43-49-67(6)55-57-69(52-46-64(72)76-60-41-37-33-29-25-21-17-13-9-3)53-47-65(73)77-61-42-38-34-30-26-22-18-14-10-4/h7-61H2,1-6H3. The van der Waals surface area contributed by atoms with Crippen LogP contribution in [0, 0.1) is 0 Å². The minimum absolute atomic E-state index is 0.161. The molecule has 0 saturated carbocycles. The van der Waals surface area contributed by atoms with Crippen molar-refractivity contribution in [2.24, 2.45) is 0 Å². The largest absolute Gasteiger partial charge is 0.466 e. The Morgan fingerprint density at radius 2 is 0.429 bits per heavy atom. The molecule has 456 valence electrons. The van der Waals surface area contributed by atoms with Gasteiger partial charge in [0, 0.05) is 52.4 Å². The number of unbranched alkanes of at least 4 members (excludes halogenated alkanes) is 32. The van der Waals surface area contributed by atoms with Gasteiger partial charge in [-0.25, -0.2) is 0 Å². The Balaban J connectivity index is 5.02. The minimum atomic E-state index is -0.161. The zero-order valence-electron chi connectivity index (χ0n) is 51.9. The summed E-state index contributed by atoms with van der Waals surface area (Å²) >= 11 is 0. The zero-order chi connectivity index (χ0) is 56.3. The van der Waals surface area contributed by atoms with Gasteiger partial charge < -0.3 is 38.5 Å². The summed E-state index contributed by atoms with van der Waals surface area (Å²) in [4.78, 5) is 60.4. The number of ether oxygens (including phenoxy) is 4. The lowest BCUT2D eigenvalue weighted by Gasteiger charge is -2.27. The molecule has 0 aromatic rings. The molecule has 0 amide bonds. The highest BCUT2D eigenvalue weighted by atomic mass is 16.5. The average Bonchev–Trinajstić information content (AvgIpc) is 3.42. The summed E-state index contributed by atoms with van der Waals surface area (Å²) in [6.45, 7) is 18.2. The van der Waals surface area contributed by atoms with Gasteiger partial charge in [0.2, 0.25) is 0 Å². The van der Waals surface area contributed by atoms with Crippen LogP contribution in [0.3, 0.4) is 0 Å². The molecule has 0 aliphatic carbocycles. The van der Waals surface area contributed by atoms with Gasteiger partial charge in [0.25, 0.3) is 0 Å². The van der Waals surface area contributed by atoms with Crippen molar-refractivity contribution in [3.05, 3.63) is 0 Å². The lowest BCUT2D eigenvalue weighted by atomic mass is 10.1. The van der Waals surface area contributed by atoms with E-state index in [1.54, 1.807) is 0 Å². The average molecular weight is 1090 g/mol. The number of likely N-dealkylation sites (N-methyl/N-ethyl adjacent to an activating group) is 2. The highest BCUT2D eigenvalue weighted by molar-refractivity contribution is 5.71. The molecule has 77 heavy (non-hydrogen) atoms. The Hall–Kier alpha value is -2.28.